The van der Waals surface area contributed by atoms with Gasteiger partial charge in [0.15, 0.2) is 5.65 Å². The minimum absolute atomic E-state index is 0.0849. The summed E-state index contributed by atoms with van der Waals surface area (Å²) in [6.07, 6.45) is 0.801. The number of rotatable bonds is 4. The molecule has 1 saturated heterocycles. The maximum Gasteiger partial charge on any atom is 0.230 e. The summed E-state index contributed by atoms with van der Waals surface area (Å²) in [5.74, 6) is 1.79. The van der Waals surface area contributed by atoms with Gasteiger partial charge in [0.1, 0.15) is 5.82 Å². The molecule has 1 aliphatic rings. The first-order valence-electron chi connectivity index (χ1n) is 10.9. The van der Waals surface area contributed by atoms with Crippen molar-refractivity contribution in [2.75, 3.05) is 31.1 Å². The summed E-state index contributed by atoms with van der Waals surface area (Å²) < 4.78 is 2.03. The number of aromatic nitrogens is 4. The van der Waals surface area contributed by atoms with E-state index in [1.165, 1.54) is 0 Å². The predicted octanol–water partition coefficient (Wildman–Crippen LogP) is 3.43. The average Bonchev–Trinajstić information content (AvgIpc) is 3.22. The highest BCUT2D eigenvalue weighted by molar-refractivity contribution is 5.92. The van der Waals surface area contributed by atoms with E-state index in [4.69, 9.17) is 4.98 Å². The van der Waals surface area contributed by atoms with Gasteiger partial charge in [0.25, 0.3) is 0 Å². The Morgan fingerprint density at radius 1 is 0.968 bits per heavy atom. The van der Waals surface area contributed by atoms with Gasteiger partial charge in [0.2, 0.25) is 11.9 Å². The molecule has 2 aromatic heterocycles. The Morgan fingerprint density at radius 3 is 2.42 bits per heavy atom. The van der Waals surface area contributed by atoms with Crippen molar-refractivity contribution in [3.63, 3.8) is 0 Å². The number of piperazine rings is 1. The number of carbonyl (C=O) groups is 1. The van der Waals surface area contributed by atoms with E-state index >= 15 is 0 Å². The van der Waals surface area contributed by atoms with Crippen molar-refractivity contribution in [3.8, 4) is 0 Å². The molecule has 0 N–H and O–H groups in total. The van der Waals surface area contributed by atoms with Gasteiger partial charge in [-0.25, -0.2) is 9.38 Å². The zero-order valence-corrected chi connectivity index (χ0v) is 17.9. The molecule has 1 amide bonds. The summed E-state index contributed by atoms with van der Waals surface area (Å²) in [5.41, 5.74) is 2.83. The Morgan fingerprint density at radius 2 is 1.68 bits per heavy atom. The van der Waals surface area contributed by atoms with Crippen LogP contribution in [0, 0.1) is 6.92 Å². The molecule has 0 aliphatic carbocycles. The highest BCUT2D eigenvalue weighted by Gasteiger charge is 2.29. The van der Waals surface area contributed by atoms with Gasteiger partial charge in [0, 0.05) is 31.6 Å². The van der Waals surface area contributed by atoms with Gasteiger partial charge in [-0.05, 0) is 31.0 Å². The number of aryl methyl sites for hydroxylation is 1. The van der Waals surface area contributed by atoms with Crippen molar-refractivity contribution >= 4 is 28.4 Å². The van der Waals surface area contributed by atoms with E-state index in [0.717, 1.165) is 53.4 Å². The van der Waals surface area contributed by atoms with Crippen molar-refractivity contribution in [2.24, 2.45) is 0 Å². The molecule has 31 heavy (non-hydrogen) atoms. The largest absolute Gasteiger partial charge is 0.339 e. The van der Waals surface area contributed by atoms with Gasteiger partial charge in [0.05, 0.1) is 11.4 Å². The maximum atomic E-state index is 13.2. The number of hydrogen-bond acceptors (Lipinski definition) is 5. The molecular weight excluding hydrogens is 388 g/mol. The Balaban J connectivity index is 1.40. The van der Waals surface area contributed by atoms with Crippen LogP contribution < -0.4 is 4.90 Å². The highest BCUT2D eigenvalue weighted by Crippen LogP contribution is 2.26. The topological polar surface area (TPSA) is 66.6 Å². The molecule has 0 bridgehead atoms. The van der Waals surface area contributed by atoms with Crippen LogP contribution in [-0.4, -0.2) is 56.6 Å². The Bertz CT molecular complexity index is 1230. The lowest BCUT2D eigenvalue weighted by molar-refractivity contribution is -0.133. The van der Waals surface area contributed by atoms with E-state index in [-0.39, 0.29) is 11.8 Å². The van der Waals surface area contributed by atoms with Crippen LogP contribution in [-0.2, 0) is 4.79 Å². The first kappa shape index (κ1) is 19.5. The second-order valence-corrected chi connectivity index (χ2v) is 8.02. The Kier molecular flexibility index (Phi) is 5.02. The van der Waals surface area contributed by atoms with Gasteiger partial charge < -0.3 is 9.80 Å². The third-order valence-corrected chi connectivity index (χ3v) is 6.17. The summed E-state index contributed by atoms with van der Waals surface area (Å²) in [6, 6.07) is 18.1. The fourth-order valence-electron chi connectivity index (χ4n) is 4.49. The van der Waals surface area contributed by atoms with Crippen molar-refractivity contribution in [2.45, 2.75) is 26.2 Å². The van der Waals surface area contributed by atoms with Crippen molar-refractivity contribution in [3.05, 3.63) is 66.0 Å². The minimum atomic E-state index is -0.0849. The van der Waals surface area contributed by atoms with E-state index in [0.29, 0.717) is 13.1 Å². The van der Waals surface area contributed by atoms with Crippen LogP contribution in [0.25, 0.3) is 16.6 Å². The standard InChI is InChI=1S/C24H26N6O/c1-3-19(18-9-5-4-6-10-18)23(31)28-13-15-29(16-14-28)24-25-21-12-8-7-11-20(21)22-27-26-17(2)30(22)24/h4-12,19H,3,13-16H2,1-2H3/t19-/m1/s1. The second-order valence-electron chi connectivity index (χ2n) is 8.02. The summed E-state index contributed by atoms with van der Waals surface area (Å²) in [7, 11) is 0. The predicted molar refractivity (Wildman–Crippen MR) is 121 cm³/mol. The summed E-state index contributed by atoms with van der Waals surface area (Å²) in [5, 5.41) is 9.68. The number of benzene rings is 2. The highest BCUT2D eigenvalue weighted by atomic mass is 16.2. The van der Waals surface area contributed by atoms with Crippen LogP contribution in [0.5, 0.6) is 0 Å². The van der Waals surface area contributed by atoms with E-state index < -0.39 is 0 Å². The van der Waals surface area contributed by atoms with Crippen LogP contribution in [0.1, 0.15) is 30.7 Å². The smallest absolute Gasteiger partial charge is 0.230 e. The molecule has 1 aliphatic heterocycles. The molecule has 2 aromatic carbocycles. The lowest BCUT2D eigenvalue weighted by Crippen LogP contribution is -2.50. The number of nitrogens with zero attached hydrogens (tertiary/aromatic N) is 6. The van der Waals surface area contributed by atoms with Crippen LogP contribution in [0.3, 0.4) is 0 Å². The molecule has 0 saturated carbocycles. The zero-order valence-electron chi connectivity index (χ0n) is 17.9. The molecule has 1 atom stereocenters. The maximum absolute atomic E-state index is 13.2. The SMILES string of the molecule is CC[C@@H](C(=O)N1CCN(c2nc3ccccc3c3nnc(C)n23)CC1)c1ccccc1. The summed E-state index contributed by atoms with van der Waals surface area (Å²) >= 11 is 0. The first-order valence-corrected chi connectivity index (χ1v) is 10.9. The average molecular weight is 415 g/mol. The third-order valence-electron chi connectivity index (χ3n) is 6.17. The monoisotopic (exact) mass is 414 g/mol. The molecule has 5 rings (SSSR count). The Hall–Kier alpha value is -3.48. The van der Waals surface area contributed by atoms with Gasteiger partial charge in [-0.15, -0.1) is 10.2 Å². The minimum Gasteiger partial charge on any atom is -0.339 e. The van der Waals surface area contributed by atoms with E-state index in [9.17, 15) is 4.79 Å². The molecule has 7 heteroatoms. The summed E-state index contributed by atoms with van der Waals surface area (Å²) in [6.45, 7) is 6.85. The van der Waals surface area contributed by atoms with Gasteiger partial charge in [-0.3, -0.25) is 4.79 Å². The number of fused-ring (bicyclic) bond motifs is 3. The lowest BCUT2D eigenvalue weighted by Gasteiger charge is -2.37. The van der Waals surface area contributed by atoms with Crippen LogP contribution >= 0.6 is 0 Å². The van der Waals surface area contributed by atoms with Crippen LogP contribution in [0.15, 0.2) is 54.6 Å². The molecule has 0 radical (unpaired) electrons. The number of anilines is 1. The molecule has 7 nitrogen and oxygen atoms in total. The van der Waals surface area contributed by atoms with Crippen molar-refractivity contribution < 1.29 is 4.79 Å². The Labute approximate surface area is 181 Å². The second kappa shape index (κ2) is 7.98. The number of hydrogen-bond donors (Lipinski definition) is 0. The van der Waals surface area contributed by atoms with Crippen molar-refractivity contribution in [1.29, 1.82) is 0 Å². The van der Waals surface area contributed by atoms with Crippen LogP contribution in [0.2, 0.25) is 0 Å². The van der Waals surface area contributed by atoms with Gasteiger partial charge in [-0.2, -0.15) is 0 Å². The lowest BCUT2D eigenvalue weighted by atomic mass is 9.95. The number of carbonyl (C=O) groups excluding carboxylic acids is 1. The van der Waals surface area contributed by atoms with E-state index in [2.05, 4.69) is 22.0 Å². The molecular formula is C24H26N6O. The normalized spacial score (nSPS) is 15.5. The van der Waals surface area contributed by atoms with Gasteiger partial charge in [-0.1, -0.05) is 49.4 Å². The zero-order chi connectivity index (χ0) is 21.4. The number of amides is 1. The van der Waals surface area contributed by atoms with E-state index in [1.54, 1.807) is 0 Å². The molecule has 3 heterocycles. The molecule has 4 aromatic rings. The molecule has 1 fully saturated rings. The first-order chi connectivity index (χ1) is 15.2. The quantitative estimate of drug-likeness (QED) is 0.512. The number of para-hydroxylation sites is 1. The fraction of sp³-hybridized carbons (Fsp3) is 0.333. The third kappa shape index (κ3) is 3.40. The molecule has 158 valence electrons. The van der Waals surface area contributed by atoms with Crippen molar-refractivity contribution in [1.82, 2.24) is 24.5 Å². The van der Waals surface area contributed by atoms with Crippen LogP contribution in [0.4, 0.5) is 5.95 Å². The van der Waals surface area contributed by atoms with E-state index in [1.807, 2.05) is 70.8 Å². The summed E-state index contributed by atoms with van der Waals surface area (Å²) in [4.78, 5) is 22.4. The van der Waals surface area contributed by atoms with Gasteiger partial charge >= 0.3 is 0 Å². The fourth-order valence-corrected chi connectivity index (χ4v) is 4.49. The molecule has 0 unspecified atom stereocenters. The molecule has 0 spiro atoms.